The molecule has 3 aromatic carbocycles. The van der Waals surface area contributed by atoms with E-state index < -0.39 is 10.6 Å². The lowest BCUT2D eigenvalue weighted by molar-refractivity contribution is 0.0951. The first-order valence-electron chi connectivity index (χ1n) is 12.3. The van der Waals surface area contributed by atoms with Gasteiger partial charge in [0, 0.05) is 59.0 Å². The lowest BCUT2D eigenvalue weighted by atomic mass is 10.2. The van der Waals surface area contributed by atoms with Crippen molar-refractivity contribution in [2.24, 2.45) is 0 Å². The number of amides is 1. The second-order valence-electron chi connectivity index (χ2n) is 9.62. The summed E-state index contributed by atoms with van der Waals surface area (Å²) in [6.45, 7) is 1.33. The summed E-state index contributed by atoms with van der Waals surface area (Å²) in [4.78, 5) is 14.5. The Labute approximate surface area is 212 Å². The highest BCUT2D eigenvalue weighted by molar-refractivity contribution is 8.24. The van der Waals surface area contributed by atoms with Crippen LogP contribution >= 0.6 is 10.6 Å². The van der Waals surface area contributed by atoms with E-state index >= 15 is 0 Å². The minimum atomic E-state index is -2.39. The third kappa shape index (κ3) is 4.93. The van der Waals surface area contributed by atoms with Gasteiger partial charge in [0.25, 0.3) is 5.91 Å². The molecule has 8 heteroatoms. The third-order valence-corrected chi connectivity index (χ3v) is 8.58. The number of fused-ring (bicyclic) bond motifs is 1. The van der Waals surface area contributed by atoms with Gasteiger partial charge in [0.05, 0.1) is 17.0 Å². The zero-order valence-corrected chi connectivity index (χ0v) is 20.7. The van der Waals surface area contributed by atoms with Gasteiger partial charge in [0.2, 0.25) is 0 Å². The van der Waals surface area contributed by atoms with Gasteiger partial charge in [-0.15, -0.1) is 0 Å². The highest BCUT2D eigenvalue weighted by Crippen LogP contribution is 2.41. The molecule has 7 nitrogen and oxygen atoms in total. The Kier molecular flexibility index (Phi) is 5.87. The number of aromatic nitrogens is 1. The summed E-state index contributed by atoms with van der Waals surface area (Å²) in [6.07, 6.45) is 4.21. The fourth-order valence-corrected chi connectivity index (χ4v) is 5.85. The normalized spacial score (nSPS) is 18.1. The molecule has 186 valence electrons. The zero-order chi connectivity index (χ0) is 24.7. The molecule has 0 unspecified atom stereocenters. The highest BCUT2D eigenvalue weighted by Gasteiger charge is 2.24. The van der Waals surface area contributed by atoms with Gasteiger partial charge in [-0.25, -0.2) is 0 Å². The van der Waals surface area contributed by atoms with Crippen molar-refractivity contribution in [2.45, 2.75) is 18.9 Å². The van der Waals surface area contributed by atoms with E-state index in [1.54, 1.807) is 0 Å². The molecular weight excluding hydrogens is 472 g/mol. The topological polar surface area (TPSA) is 89.8 Å². The first-order valence-corrected chi connectivity index (χ1v) is 14.2. The first kappa shape index (κ1) is 23.0. The SMILES string of the molecule is O=C(NC1CC1)c1ccc(-n2ccc3cc(Nc4ccc(N5CCS(O)(O)CC5)cc4)ccc32)cc1. The number of hydrogen-bond acceptors (Lipinski definition) is 5. The van der Waals surface area contributed by atoms with Crippen molar-refractivity contribution in [3.8, 4) is 5.69 Å². The molecule has 0 radical (unpaired) electrons. The fraction of sp³-hybridized carbons (Fsp3) is 0.250. The molecule has 4 N–H and O–H groups in total. The molecule has 0 bridgehead atoms. The quantitative estimate of drug-likeness (QED) is 0.266. The standard InChI is InChI=1S/C28H30N4O3S/c33-28(30-23-3-4-23)20-1-8-26(9-2-20)32-14-13-21-19-24(7-12-27(21)32)29-22-5-10-25(11-6-22)31-15-17-36(34,35)18-16-31/h1-2,5-14,19,23,29,34-35H,3-4,15-18H2,(H,30,33). The number of rotatable bonds is 6. The Hall–Kier alpha value is -3.46. The van der Waals surface area contributed by atoms with Crippen molar-refractivity contribution in [1.82, 2.24) is 9.88 Å². The Morgan fingerprint density at radius 1 is 0.833 bits per heavy atom. The smallest absolute Gasteiger partial charge is 0.251 e. The van der Waals surface area contributed by atoms with Crippen LogP contribution in [0.3, 0.4) is 0 Å². The molecule has 1 aromatic heterocycles. The number of carbonyl (C=O) groups is 1. The molecule has 0 spiro atoms. The Balaban J connectivity index is 1.14. The van der Waals surface area contributed by atoms with Crippen LogP contribution in [0.25, 0.3) is 16.6 Å². The first-order chi connectivity index (χ1) is 17.4. The zero-order valence-electron chi connectivity index (χ0n) is 19.9. The fourth-order valence-electron chi connectivity index (χ4n) is 4.62. The van der Waals surface area contributed by atoms with Gasteiger partial charge in [-0.05, 0) is 85.6 Å². The van der Waals surface area contributed by atoms with E-state index in [0.717, 1.165) is 46.5 Å². The minimum absolute atomic E-state index is 0.000522. The van der Waals surface area contributed by atoms with E-state index in [9.17, 15) is 13.9 Å². The molecule has 36 heavy (non-hydrogen) atoms. The largest absolute Gasteiger partial charge is 0.368 e. The maximum absolute atomic E-state index is 12.3. The van der Waals surface area contributed by atoms with Crippen LogP contribution in [0.2, 0.25) is 0 Å². The molecule has 0 atom stereocenters. The van der Waals surface area contributed by atoms with Crippen molar-refractivity contribution in [3.05, 3.63) is 84.6 Å². The molecule has 1 saturated carbocycles. The predicted octanol–water partition coefficient (Wildman–Crippen LogP) is 5.84. The van der Waals surface area contributed by atoms with Crippen LogP contribution in [0.15, 0.2) is 79.0 Å². The Morgan fingerprint density at radius 3 is 2.19 bits per heavy atom. The van der Waals surface area contributed by atoms with E-state index in [4.69, 9.17) is 0 Å². The lowest BCUT2D eigenvalue weighted by Gasteiger charge is -2.41. The number of benzene rings is 3. The second kappa shape index (κ2) is 9.20. The maximum atomic E-state index is 12.3. The summed E-state index contributed by atoms with van der Waals surface area (Å²) in [5, 5.41) is 7.64. The third-order valence-electron chi connectivity index (χ3n) is 6.91. The van der Waals surface area contributed by atoms with Crippen molar-refractivity contribution < 1.29 is 13.9 Å². The summed E-state index contributed by atoms with van der Waals surface area (Å²) in [7, 11) is -2.39. The summed E-state index contributed by atoms with van der Waals surface area (Å²) < 4.78 is 21.8. The Morgan fingerprint density at radius 2 is 1.50 bits per heavy atom. The molecule has 2 heterocycles. The molecule has 6 rings (SSSR count). The van der Waals surface area contributed by atoms with Crippen LogP contribution < -0.4 is 15.5 Å². The molecule has 2 aliphatic rings. The van der Waals surface area contributed by atoms with Gasteiger partial charge in [-0.1, -0.05) is 0 Å². The van der Waals surface area contributed by atoms with E-state index in [1.807, 2.05) is 24.3 Å². The summed E-state index contributed by atoms with van der Waals surface area (Å²) >= 11 is 0. The minimum Gasteiger partial charge on any atom is -0.368 e. The number of carbonyl (C=O) groups excluding carboxylic acids is 1. The number of anilines is 3. The molecule has 1 saturated heterocycles. The van der Waals surface area contributed by atoms with Crippen LogP contribution in [-0.2, 0) is 0 Å². The second-order valence-corrected chi connectivity index (χ2v) is 12.0. The lowest BCUT2D eigenvalue weighted by Crippen LogP contribution is -2.38. The van der Waals surface area contributed by atoms with Crippen molar-refractivity contribution in [1.29, 1.82) is 0 Å². The van der Waals surface area contributed by atoms with Gasteiger partial charge >= 0.3 is 0 Å². The van der Waals surface area contributed by atoms with Crippen molar-refractivity contribution in [3.63, 3.8) is 0 Å². The molecule has 4 aromatic rings. The maximum Gasteiger partial charge on any atom is 0.251 e. The van der Waals surface area contributed by atoms with Crippen LogP contribution in [0.5, 0.6) is 0 Å². The van der Waals surface area contributed by atoms with Gasteiger partial charge in [-0.2, -0.15) is 10.6 Å². The van der Waals surface area contributed by atoms with E-state index in [1.165, 1.54) is 0 Å². The molecule has 1 aliphatic carbocycles. The van der Waals surface area contributed by atoms with Gasteiger partial charge in [0.15, 0.2) is 0 Å². The summed E-state index contributed by atoms with van der Waals surface area (Å²) in [6, 6.07) is 24.7. The number of hydrogen-bond donors (Lipinski definition) is 4. The van der Waals surface area contributed by atoms with Crippen LogP contribution in [-0.4, -0.2) is 50.2 Å². The molecular formula is C28H30N4O3S. The molecule has 1 aliphatic heterocycles. The number of nitrogens with one attached hydrogen (secondary N) is 2. The van der Waals surface area contributed by atoms with Crippen molar-refractivity contribution in [2.75, 3.05) is 34.8 Å². The van der Waals surface area contributed by atoms with Crippen LogP contribution in [0.4, 0.5) is 17.1 Å². The van der Waals surface area contributed by atoms with Crippen LogP contribution in [0.1, 0.15) is 23.2 Å². The van der Waals surface area contributed by atoms with E-state index in [-0.39, 0.29) is 5.91 Å². The monoisotopic (exact) mass is 502 g/mol. The molecule has 2 fully saturated rings. The highest BCUT2D eigenvalue weighted by atomic mass is 32.3. The molecule has 1 amide bonds. The predicted molar refractivity (Wildman–Crippen MR) is 148 cm³/mol. The summed E-state index contributed by atoms with van der Waals surface area (Å²) in [5.41, 5.74) is 5.91. The number of nitrogens with zero attached hydrogens (tertiary/aromatic N) is 2. The van der Waals surface area contributed by atoms with E-state index in [0.29, 0.717) is 36.2 Å². The van der Waals surface area contributed by atoms with Gasteiger partial charge in [0.1, 0.15) is 0 Å². The summed E-state index contributed by atoms with van der Waals surface area (Å²) in [5.74, 6) is 0.874. The van der Waals surface area contributed by atoms with Gasteiger partial charge in [-0.3, -0.25) is 13.9 Å². The van der Waals surface area contributed by atoms with Crippen molar-refractivity contribution >= 4 is 44.5 Å². The van der Waals surface area contributed by atoms with Crippen LogP contribution in [0, 0.1) is 0 Å². The average Bonchev–Trinajstić information content (AvgIpc) is 3.60. The van der Waals surface area contributed by atoms with E-state index in [2.05, 4.69) is 74.8 Å². The van der Waals surface area contributed by atoms with Gasteiger partial charge < -0.3 is 20.1 Å². The Bertz CT molecular complexity index is 1380. The average molecular weight is 503 g/mol.